The standard InChI is InChI=1S/C14H30N2/c1-10(2)12(4)16(6)14-9-11(3)7-8-13(14)15-5/h10-15H,7-9H2,1-6H3. The molecule has 0 amide bonds. The monoisotopic (exact) mass is 226 g/mol. The van der Waals surface area contributed by atoms with E-state index in [-0.39, 0.29) is 0 Å². The van der Waals surface area contributed by atoms with Gasteiger partial charge in [0.05, 0.1) is 0 Å². The molecule has 2 heteroatoms. The minimum atomic E-state index is 0.672. The average Bonchev–Trinajstić information content (AvgIpc) is 2.26. The van der Waals surface area contributed by atoms with Crippen molar-refractivity contribution in [2.45, 2.75) is 65.1 Å². The third kappa shape index (κ3) is 3.21. The van der Waals surface area contributed by atoms with Crippen LogP contribution in [0, 0.1) is 11.8 Å². The number of rotatable bonds is 4. The fourth-order valence-electron chi connectivity index (χ4n) is 2.91. The molecule has 0 aromatic heterocycles. The van der Waals surface area contributed by atoms with Gasteiger partial charge in [-0.25, -0.2) is 0 Å². The van der Waals surface area contributed by atoms with Crippen LogP contribution < -0.4 is 5.32 Å². The lowest BCUT2D eigenvalue weighted by molar-refractivity contribution is 0.0781. The first-order valence-corrected chi connectivity index (χ1v) is 6.86. The lowest BCUT2D eigenvalue weighted by atomic mass is 9.82. The highest BCUT2D eigenvalue weighted by molar-refractivity contribution is 4.90. The molecule has 0 spiro atoms. The van der Waals surface area contributed by atoms with Gasteiger partial charge in [0, 0.05) is 18.1 Å². The Morgan fingerprint density at radius 1 is 1.19 bits per heavy atom. The Hall–Kier alpha value is -0.0800. The van der Waals surface area contributed by atoms with Crippen molar-refractivity contribution < 1.29 is 0 Å². The number of hydrogen-bond acceptors (Lipinski definition) is 2. The predicted octanol–water partition coefficient (Wildman–Crippen LogP) is 2.74. The second kappa shape index (κ2) is 6.02. The van der Waals surface area contributed by atoms with Crippen LogP contribution in [-0.2, 0) is 0 Å². The van der Waals surface area contributed by atoms with Gasteiger partial charge in [-0.1, -0.05) is 20.8 Å². The Labute approximate surface area is 102 Å². The van der Waals surface area contributed by atoms with Gasteiger partial charge < -0.3 is 5.32 Å². The maximum atomic E-state index is 3.51. The Morgan fingerprint density at radius 2 is 1.81 bits per heavy atom. The van der Waals surface area contributed by atoms with E-state index in [0.29, 0.717) is 18.1 Å². The Kier molecular flexibility index (Phi) is 5.26. The molecular formula is C14H30N2. The van der Waals surface area contributed by atoms with Crippen molar-refractivity contribution in [3.05, 3.63) is 0 Å². The lowest BCUT2D eigenvalue weighted by Gasteiger charge is -2.44. The van der Waals surface area contributed by atoms with E-state index in [1.807, 2.05) is 0 Å². The summed E-state index contributed by atoms with van der Waals surface area (Å²) in [6, 6.07) is 2.07. The van der Waals surface area contributed by atoms with Gasteiger partial charge in [-0.15, -0.1) is 0 Å². The van der Waals surface area contributed by atoms with Crippen molar-refractivity contribution >= 4 is 0 Å². The molecular weight excluding hydrogens is 196 g/mol. The average molecular weight is 226 g/mol. The Bertz CT molecular complexity index is 203. The number of nitrogens with zero attached hydrogens (tertiary/aromatic N) is 1. The third-order valence-corrected chi connectivity index (χ3v) is 4.58. The van der Waals surface area contributed by atoms with Gasteiger partial charge in [0.25, 0.3) is 0 Å². The van der Waals surface area contributed by atoms with Crippen LogP contribution in [0.15, 0.2) is 0 Å². The summed E-state index contributed by atoms with van der Waals surface area (Å²) < 4.78 is 0. The first-order valence-electron chi connectivity index (χ1n) is 6.86. The van der Waals surface area contributed by atoms with Gasteiger partial charge in [0.2, 0.25) is 0 Å². The number of likely N-dealkylation sites (N-methyl/N-ethyl adjacent to an activating group) is 2. The summed E-state index contributed by atoms with van der Waals surface area (Å²) in [6.45, 7) is 9.40. The van der Waals surface area contributed by atoms with E-state index in [2.05, 4.69) is 52.0 Å². The van der Waals surface area contributed by atoms with E-state index in [0.717, 1.165) is 11.8 Å². The molecule has 1 saturated carbocycles. The minimum Gasteiger partial charge on any atom is -0.315 e. The second-order valence-electron chi connectivity index (χ2n) is 6.03. The highest BCUT2D eigenvalue weighted by atomic mass is 15.2. The van der Waals surface area contributed by atoms with Crippen LogP contribution in [0.5, 0.6) is 0 Å². The van der Waals surface area contributed by atoms with E-state index < -0.39 is 0 Å². The van der Waals surface area contributed by atoms with Crippen molar-refractivity contribution in [1.82, 2.24) is 10.2 Å². The van der Waals surface area contributed by atoms with E-state index >= 15 is 0 Å². The van der Waals surface area contributed by atoms with E-state index in [4.69, 9.17) is 0 Å². The summed E-state index contributed by atoms with van der Waals surface area (Å²) in [4.78, 5) is 2.60. The molecule has 0 saturated heterocycles. The zero-order valence-electron chi connectivity index (χ0n) is 12.0. The van der Waals surface area contributed by atoms with Gasteiger partial charge in [0.15, 0.2) is 0 Å². The third-order valence-electron chi connectivity index (χ3n) is 4.58. The zero-order chi connectivity index (χ0) is 12.3. The minimum absolute atomic E-state index is 0.672. The Balaban J connectivity index is 2.66. The molecule has 0 aromatic carbocycles. The normalized spacial score (nSPS) is 33.4. The first-order chi connectivity index (χ1) is 7.47. The van der Waals surface area contributed by atoms with Crippen LogP contribution in [0.3, 0.4) is 0 Å². The van der Waals surface area contributed by atoms with E-state index in [1.54, 1.807) is 0 Å². The molecule has 16 heavy (non-hydrogen) atoms. The van der Waals surface area contributed by atoms with Crippen LogP contribution in [-0.4, -0.2) is 37.1 Å². The molecule has 1 rings (SSSR count). The highest BCUT2D eigenvalue weighted by Crippen LogP contribution is 2.29. The summed E-state index contributed by atoms with van der Waals surface area (Å²) in [7, 11) is 4.42. The Morgan fingerprint density at radius 3 is 2.31 bits per heavy atom. The van der Waals surface area contributed by atoms with Crippen LogP contribution >= 0.6 is 0 Å². The predicted molar refractivity (Wildman–Crippen MR) is 71.7 cm³/mol. The summed E-state index contributed by atoms with van der Waals surface area (Å²) in [6.07, 6.45) is 4.06. The molecule has 4 unspecified atom stereocenters. The van der Waals surface area contributed by atoms with Gasteiger partial charge in [-0.3, -0.25) is 4.90 Å². The first kappa shape index (κ1) is 14.0. The van der Waals surface area contributed by atoms with Gasteiger partial charge in [-0.05, 0) is 52.1 Å². The van der Waals surface area contributed by atoms with Gasteiger partial charge in [0.1, 0.15) is 0 Å². The smallest absolute Gasteiger partial charge is 0.0251 e. The highest BCUT2D eigenvalue weighted by Gasteiger charge is 2.32. The van der Waals surface area contributed by atoms with Gasteiger partial charge >= 0.3 is 0 Å². The van der Waals surface area contributed by atoms with Crippen molar-refractivity contribution in [3.8, 4) is 0 Å². The van der Waals surface area contributed by atoms with Crippen molar-refractivity contribution in [1.29, 1.82) is 0 Å². The molecule has 1 aliphatic rings. The fraction of sp³-hybridized carbons (Fsp3) is 1.00. The van der Waals surface area contributed by atoms with Crippen LogP contribution in [0.25, 0.3) is 0 Å². The molecule has 1 fully saturated rings. The maximum absolute atomic E-state index is 3.51. The van der Waals surface area contributed by atoms with Crippen LogP contribution in [0.2, 0.25) is 0 Å². The SMILES string of the molecule is CNC1CCC(C)CC1N(C)C(C)C(C)C. The molecule has 0 heterocycles. The topological polar surface area (TPSA) is 15.3 Å². The second-order valence-corrected chi connectivity index (χ2v) is 6.03. The van der Waals surface area contributed by atoms with Gasteiger partial charge in [-0.2, -0.15) is 0 Å². The van der Waals surface area contributed by atoms with E-state index in [9.17, 15) is 0 Å². The van der Waals surface area contributed by atoms with Crippen LogP contribution in [0.1, 0.15) is 47.0 Å². The number of nitrogens with one attached hydrogen (secondary N) is 1. The molecule has 4 atom stereocenters. The fourth-order valence-corrected chi connectivity index (χ4v) is 2.91. The molecule has 96 valence electrons. The lowest BCUT2D eigenvalue weighted by Crippen LogP contribution is -2.54. The number of hydrogen-bond donors (Lipinski definition) is 1. The quantitative estimate of drug-likeness (QED) is 0.793. The zero-order valence-corrected chi connectivity index (χ0v) is 12.0. The molecule has 0 aliphatic heterocycles. The maximum Gasteiger partial charge on any atom is 0.0251 e. The van der Waals surface area contributed by atoms with E-state index in [1.165, 1.54) is 19.3 Å². The molecule has 2 nitrogen and oxygen atoms in total. The molecule has 0 bridgehead atoms. The van der Waals surface area contributed by atoms with Crippen molar-refractivity contribution in [2.75, 3.05) is 14.1 Å². The van der Waals surface area contributed by atoms with Crippen molar-refractivity contribution in [2.24, 2.45) is 11.8 Å². The summed E-state index contributed by atoms with van der Waals surface area (Å²) in [5, 5.41) is 3.51. The summed E-state index contributed by atoms with van der Waals surface area (Å²) >= 11 is 0. The summed E-state index contributed by atoms with van der Waals surface area (Å²) in [5.41, 5.74) is 0. The molecule has 1 aliphatic carbocycles. The molecule has 0 radical (unpaired) electrons. The molecule has 1 N–H and O–H groups in total. The largest absolute Gasteiger partial charge is 0.315 e. The van der Waals surface area contributed by atoms with Crippen molar-refractivity contribution in [3.63, 3.8) is 0 Å². The molecule has 0 aromatic rings. The van der Waals surface area contributed by atoms with Crippen LogP contribution in [0.4, 0.5) is 0 Å². The summed E-state index contributed by atoms with van der Waals surface area (Å²) in [5.74, 6) is 1.62.